The van der Waals surface area contributed by atoms with Crippen molar-refractivity contribution in [2.45, 2.75) is 0 Å². The van der Waals surface area contributed by atoms with E-state index in [1.165, 1.54) is 0 Å². The van der Waals surface area contributed by atoms with Gasteiger partial charge in [-0.2, -0.15) is 0 Å². The average Bonchev–Trinajstić information content (AvgIpc) is 2.61. The molecular weight excluding hydrogens is 388 g/mol. The zero-order valence-corrected chi connectivity index (χ0v) is 15.5. The van der Waals surface area contributed by atoms with Gasteiger partial charge in [-0.1, -0.05) is 51.8 Å². The molecule has 2 aromatic rings. The van der Waals surface area contributed by atoms with Gasteiger partial charge in [0.1, 0.15) is 0 Å². The van der Waals surface area contributed by atoms with Crippen LogP contribution in [0.15, 0.2) is 59.1 Å². The summed E-state index contributed by atoms with van der Waals surface area (Å²) in [6.07, 6.45) is 3.50. The first-order valence-electron chi connectivity index (χ1n) is 7.85. The molecule has 124 valence electrons. The summed E-state index contributed by atoms with van der Waals surface area (Å²) < 4.78 is 1.03. The third kappa shape index (κ3) is 4.19. The summed E-state index contributed by atoms with van der Waals surface area (Å²) >= 11 is 9.65. The lowest BCUT2D eigenvalue weighted by Crippen LogP contribution is -2.48. The molecule has 0 spiro atoms. The number of nitrogens with zero attached hydrogens (tertiary/aromatic N) is 2. The number of rotatable bonds is 3. The molecule has 2 aromatic carbocycles. The lowest BCUT2D eigenvalue weighted by Gasteiger charge is -2.36. The van der Waals surface area contributed by atoms with Crippen molar-refractivity contribution in [3.05, 3.63) is 69.7 Å². The molecule has 1 amide bonds. The minimum atomic E-state index is 0.0525. The summed E-state index contributed by atoms with van der Waals surface area (Å²) in [6.45, 7) is 2.99. The van der Waals surface area contributed by atoms with Crippen LogP contribution >= 0.6 is 27.5 Å². The topological polar surface area (TPSA) is 23.6 Å². The van der Waals surface area contributed by atoms with Crippen LogP contribution in [0.25, 0.3) is 6.08 Å². The summed E-state index contributed by atoms with van der Waals surface area (Å²) in [4.78, 5) is 16.4. The van der Waals surface area contributed by atoms with Gasteiger partial charge in [-0.3, -0.25) is 4.79 Å². The van der Waals surface area contributed by atoms with E-state index in [1.54, 1.807) is 6.08 Å². The molecule has 0 aliphatic carbocycles. The fourth-order valence-corrected chi connectivity index (χ4v) is 3.24. The number of amides is 1. The Hall–Kier alpha value is -1.78. The van der Waals surface area contributed by atoms with E-state index in [4.69, 9.17) is 11.6 Å². The molecule has 1 fully saturated rings. The molecule has 0 N–H and O–H groups in total. The van der Waals surface area contributed by atoms with Crippen LogP contribution in [0, 0.1) is 0 Å². The molecule has 1 heterocycles. The maximum atomic E-state index is 12.3. The molecule has 0 radical (unpaired) electrons. The number of hydrogen-bond acceptors (Lipinski definition) is 2. The second-order valence-electron chi connectivity index (χ2n) is 5.65. The molecule has 24 heavy (non-hydrogen) atoms. The highest BCUT2D eigenvalue weighted by molar-refractivity contribution is 9.10. The molecule has 0 atom stereocenters. The Morgan fingerprint density at radius 2 is 1.67 bits per heavy atom. The van der Waals surface area contributed by atoms with Gasteiger partial charge in [-0.25, -0.2) is 0 Å². The van der Waals surface area contributed by atoms with Crippen LogP contribution in [0.1, 0.15) is 5.56 Å². The van der Waals surface area contributed by atoms with Crippen LogP contribution in [-0.2, 0) is 4.79 Å². The maximum absolute atomic E-state index is 12.3. The Labute approximate surface area is 155 Å². The molecule has 0 unspecified atom stereocenters. The molecule has 1 aliphatic rings. The first kappa shape index (κ1) is 17.1. The van der Waals surface area contributed by atoms with E-state index in [9.17, 15) is 4.79 Å². The van der Waals surface area contributed by atoms with E-state index in [2.05, 4.69) is 20.8 Å². The van der Waals surface area contributed by atoms with Gasteiger partial charge < -0.3 is 9.80 Å². The minimum absolute atomic E-state index is 0.0525. The van der Waals surface area contributed by atoms with Crippen molar-refractivity contribution >= 4 is 45.2 Å². The number of para-hydroxylation sites is 1. The lowest BCUT2D eigenvalue weighted by atomic mass is 10.2. The summed E-state index contributed by atoms with van der Waals surface area (Å²) in [6, 6.07) is 15.7. The number of hydrogen-bond donors (Lipinski definition) is 0. The third-order valence-electron chi connectivity index (χ3n) is 4.07. The molecule has 3 rings (SSSR count). The smallest absolute Gasteiger partial charge is 0.246 e. The SMILES string of the molecule is O=C(/C=C/c1ccc(Br)cc1)N1CCN(c2ccccc2Cl)CC1. The van der Waals surface area contributed by atoms with E-state index in [0.717, 1.165) is 33.8 Å². The van der Waals surface area contributed by atoms with Gasteiger partial charge in [0.2, 0.25) is 5.91 Å². The van der Waals surface area contributed by atoms with E-state index < -0.39 is 0 Å². The quantitative estimate of drug-likeness (QED) is 0.704. The summed E-state index contributed by atoms with van der Waals surface area (Å²) in [5.74, 6) is 0.0525. The fourth-order valence-electron chi connectivity index (χ4n) is 2.72. The highest BCUT2D eigenvalue weighted by Gasteiger charge is 2.20. The Morgan fingerprint density at radius 1 is 1.00 bits per heavy atom. The van der Waals surface area contributed by atoms with Crippen molar-refractivity contribution in [1.29, 1.82) is 0 Å². The van der Waals surface area contributed by atoms with E-state index >= 15 is 0 Å². The second kappa shape index (κ2) is 7.86. The average molecular weight is 406 g/mol. The number of benzene rings is 2. The molecule has 5 heteroatoms. The first-order valence-corrected chi connectivity index (χ1v) is 9.02. The maximum Gasteiger partial charge on any atom is 0.246 e. The largest absolute Gasteiger partial charge is 0.367 e. The summed E-state index contributed by atoms with van der Waals surface area (Å²) in [7, 11) is 0. The van der Waals surface area contributed by atoms with Crippen LogP contribution in [0.4, 0.5) is 5.69 Å². The highest BCUT2D eigenvalue weighted by Crippen LogP contribution is 2.26. The molecule has 3 nitrogen and oxygen atoms in total. The molecule has 1 aliphatic heterocycles. The Morgan fingerprint density at radius 3 is 2.33 bits per heavy atom. The first-order chi connectivity index (χ1) is 11.6. The van der Waals surface area contributed by atoms with Gasteiger partial charge >= 0.3 is 0 Å². The third-order valence-corrected chi connectivity index (χ3v) is 4.92. The zero-order valence-electron chi connectivity index (χ0n) is 13.2. The predicted molar refractivity (Wildman–Crippen MR) is 103 cm³/mol. The van der Waals surface area contributed by atoms with E-state index in [0.29, 0.717) is 13.1 Å². The number of piperazine rings is 1. The molecule has 0 aromatic heterocycles. The van der Waals surface area contributed by atoms with Gasteiger partial charge in [0.25, 0.3) is 0 Å². The van der Waals surface area contributed by atoms with Gasteiger partial charge in [0.05, 0.1) is 10.7 Å². The van der Waals surface area contributed by atoms with Crippen LogP contribution in [0.2, 0.25) is 5.02 Å². The summed E-state index contributed by atoms with van der Waals surface area (Å²) in [5, 5.41) is 0.757. The van der Waals surface area contributed by atoms with Crippen molar-refractivity contribution in [2.24, 2.45) is 0 Å². The van der Waals surface area contributed by atoms with Crippen LogP contribution in [0.3, 0.4) is 0 Å². The van der Waals surface area contributed by atoms with Gasteiger partial charge in [0, 0.05) is 36.7 Å². The van der Waals surface area contributed by atoms with Gasteiger partial charge in [0.15, 0.2) is 0 Å². The lowest BCUT2D eigenvalue weighted by molar-refractivity contribution is -0.126. The number of carbonyl (C=O) groups is 1. The molecular formula is C19H18BrClN2O. The van der Waals surface area contributed by atoms with E-state index in [1.807, 2.05) is 59.5 Å². The fraction of sp³-hybridized carbons (Fsp3) is 0.211. The van der Waals surface area contributed by atoms with Gasteiger partial charge in [-0.15, -0.1) is 0 Å². The molecule has 0 bridgehead atoms. The molecule has 1 saturated heterocycles. The zero-order chi connectivity index (χ0) is 16.9. The number of halogens is 2. The predicted octanol–water partition coefficient (Wildman–Crippen LogP) is 4.46. The van der Waals surface area contributed by atoms with Crippen LogP contribution in [-0.4, -0.2) is 37.0 Å². The molecule has 0 saturated carbocycles. The number of anilines is 1. The minimum Gasteiger partial charge on any atom is -0.367 e. The monoisotopic (exact) mass is 404 g/mol. The Kier molecular flexibility index (Phi) is 5.59. The van der Waals surface area contributed by atoms with Crippen molar-refractivity contribution < 1.29 is 4.79 Å². The van der Waals surface area contributed by atoms with Crippen molar-refractivity contribution in [3.8, 4) is 0 Å². The van der Waals surface area contributed by atoms with Crippen molar-refractivity contribution in [3.63, 3.8) is 0 Å². The summed E-state index contributed by atoms with van der Waals surface area (Å²) in [5.41, 5.74) is 2.05. The highest BCUT2D eigenvalue weighted by atomic mass is 79.9. The normalized spacial score (nSPS) is 15.1. The Balaban J connectivity index is 1.57. The standard InChI is InChI=1S/C19H18BrClN2O/c20-16-8-5-15(6-9-16)7-10-19(24)23-13-11-22(12-14-23)18-4-2-1-3-17(18)21/h1-10H,11-14H2/b10-7+. The Bertz CT molecular complexity index is 737. The second-order valence-corrected chi connectivity index (χ2v) is 6.97. The van der Waals surface area contributed by atoms with Crippen molar-refractivity contribution in [1.82, 2.24) is 4.90 Å². The van der Waals surface area contributed by atoms with Gasteiger partial charge in [-0.05, 0) is 35.9 Å². The number of carbonyl (C=O) groups excluding carboxylic acids is 1. The van der Waals surface area contributed by atoms with Crippen LogP contribution in [0.5, 0.6) is 0 Å². The van der Waals surface area contributed by atoms with E-state index in [-0.39, 0.29) is 5.91 Å². The van der Waals surface area contributed by atoms with Crippen molar-refractivity contribution in [2.75, 3.05) is 31.1 Å². The van der Waals surface area contributed by atoms with Crippen LogP contribution < -0.4 is 4.90 Å².